The van der Waals surface area contributed by atoms with Gasteiger partial charge in [-0.15, -0.1) is 0 Å². The first kappa shape index (κ1) is 24.7. The summed E-state index contributed by atoms with van der Waals surface area (Å²) in [5.41, 5.74) is 2.40. The van der Waals surface area contributed by atoms with Gasteiger partial charge in [0.2, 0.25) is 0 Å². The fourth-order valence-electron chi connectivity index (χ4n) is 7.16. The third-order valence-corrected chi connectivity index (χ3v) is 9.90. The highest BCUT2D eigenvalue weighted by Crippen LogP contribution is 2.71. The summed E-state index contributed by atoms with van der Waals surface area (Å²) >= 11 is 6.87. The topological polar surface area (TPSA) is 58.6 Å². The molecular weight excluding hydrogens is 460 g/mol. The number of nitrogens with zero attached hydrogens (tertiary/aromatic N) is 1. The molecule has 1 heterocycles. The van der Waals surface area contributed by atoms with Crippen LogP contribution in [0.2, 0.25) is 5.02 Å². The Balaban J connectivity index is 1.45. The summed E-state index contributed by atoms with van der Waals surface area (Å²) in [5.74, 6) is 1.29. The van der Waals surface area contributed by atoms with Gasteiger partial charge in [0.1, 0.15) is 0 Å². The second kappa shape index (κ2) is 7.74. The van der Waals surface area contributed by atoms with Crippen LogP contribution >= 0.6 is 11.6 Å². The summed E-state index contributed by atoms with van der Waals surface area (Å²) in [6.07, 6.45) is 6.25. The van der Waals surface area contributed by atoms with E-state index in [4.69, 9.17) is 16.3 Å². The molecule has 3 unspecified atom stereocenters. The fourth-order valence-corrected chi connectivity index (χ4v) is 7.48. The van der Waals surface area contributed by atoms with Crippen LogP contribution in [0.25, 0.3) is 0 Å². The zero-order valence-electron chi connectivity index (χ0n) is 22.1. The van der Waals surface area contributed by atoms with Crippen LogP contribution in [0.3, 0.4) is 0 Å². The molecular formula is C29H39ClN2O3. The maximum absolute atomic E-state index is 13.5. The number of carbonyl (C=O) groups is 2. The number of carbonyl (C=O) groups excluding carboxylic acids is 2. The molecule has 0 radical (unpaired) electrons. The molecule has 2 amide bonds. The van der Waals surface area contributed by atoms with E-state index >= 15 is 0 Å². The van der Waals surface area contributed by atoms with Gasteiger partial charge in [-0.2, -0.15) is 0 Å². The zero-order chi connectivity index (χ0) is 25.6. The Morgan fingerprint density at radius 2 is 1.94 bits per heavy atom. The summed E-state index contributed by atoms with van der Waals surface area (Å²) in [6.45, 7) is 13.4. The van der Waals surface area contributed by atoms with E-state index in [0.717, 1.165) is 17.0 Å². The highest BCUT2D eigenvalue weighted by atomic mass is 35.5. The molecule has 5 aliphatic rings. The number of benzene rings is 1. The van der Waals surface area contributed by atoms with E-state index in [9.17, 15) is 9.59 Å². The average molecular weight is 499 g/mol. The number of urea groups is 1. The van der Waals surface area contributed by atoms with Crippen molar-refractivity contribution in [3.05, 3.63) is 46.1 Å². The van der Waals surface area contributed by atoms with E-state index in [1.807, 2.05) is 4.90 Å². The van der Waals surface area contributed by atoms with Gasteiger partial charge in [0.15, 0.2) is 0 Å². The molecule has 6 heteroatoms. The number of rotatable bonds is 6. The number of hydrogen-bond acceptors (Lipinski definition) is 3. The van der Waals surface area contributed by atoms with Crippen molar-refractivity contribution < 1.29 is 14.3 Å². The fraction of sp³-hybridized carbons (Fsp3) is 0.655. The summed E-state index contributed by atoms with van der Waals surface area (Å²) in [6, 6.07) is 6.29. The lowest BCUT2D eigenvalue weighted by atomic mass is 9.38. The Hall–Kier alpha value is -2.01. The predicted octanol–water partition coefficient (Wildman–Crippen LogP) is 6.76. The largest absolute Gasteiger partial charge is 0.469 e. The van der Waals surface area contributed by atoms with Crippen molar-refractivity contribution in [2.45, 2.75) is 90.6 Å². The lowest BCUT2D eigenvalue weighted by Gasteiger charge is -2.71. The summed E-state index contributed by atoms with van der Waals surface area (Å²) in [5, 5.41) is 4.14. The molecule has 1 aromatic carbocycles. The highest BCUT2D eigenvalue weighted by Gasteiger charge is 2.75. The molecule has 4 saturated carbocycles. The van der Waals surface area contributed by atoms with E-state index < -0.39 is 11.0 Å². The number of hydrogen-bond donors (Lipinski definition) is 1. The van der Waals surface area contributed by atoms with Crippen LogP contribution in [0, 0.1) is 22.7 Å². The molecule has 35 heavy (non-hydrogen) atoms. The van der Waals surface area contributed by atoms with Gasteiger partial charge in [0.05, 0.1) is 23.6 Å². The molecule has 6 rings (SSSR count). The summed E-state index contributed by atoms with van der Waals surface area (Å²) < 4.78 is 5.00. The number of methoxy groups -OCH3 is 1. The molecule has 0 spiro atoms. The Morgan fingerprint density at radius 1 is 1.29 bits per heavy atom. The maximum Gasteiger partial charge on any atom is 0.322 e. The predicted molar refractivity (Wildman–Crippen MR) is 138 cm³/mol. The van der Waals surface area contributed by atoms with Crippen molar-refractivity contribution in [1.82, 2.24) is 10.2 Å². The molecule has 0 saturated heterocycles. The Bertz CT molecular complexity index is 1100. The van der Waals surface area contributed by atoms with Crippen LogP contribution in [0.15, 0.2) is 30.0 Å². The van der Waals surface area contributed by atoms with Gasteiger partial charge >= 0.3 is 12.0 Å². The molecule has 4 atom stereocenters. The minimum atomic E-state index is -0.637. The second-order valence-corrected chi connectivity index (χ2v) is 13.3. The maximum atomic E-state index is 13.5. The van der Waals surface area contributed by atoms with Crippen molar-refractivity contribution in [3.8, 4) is 0 Å². The highest BCUT2D eigenvalue weighted by molar-refractivity contribution is 6.31. The van der Waals surface area contributed by atoms with Gasteiger partial charge in [-0.1, -0.05) is 58.4 Å². The molecule has 2 bridgehead atoms. The number of amides is 2. The van der Waals surface area contributed by atoms with Crippen molar-refractivity contribution in [1.29, 1.82) is 0 Å². The number of nitrogens with one attached hydrogen (secondary N) is 1. The van der Waals surface area contributed by atoms with Crippen molar-refractivity contribution in [2.75, 3.05) is 7.11 Å². The average Bonchev–Trinajstić information content (AvgIpc) is 3.53. The molecule has 1 aromatic rings. The Morgan fingerprint density at radius 3 is 2.46 bits per heavy atom. The minimum Gasteiger partial charge on any atom is -0.469 e. The Kier molecular flexibility index (Phi) is 5.46. The number of ether oxygens (including phenoxy) is 1. The molecule has 0 aromatic heterocycles. The van der Waals surface area contributed by atoms with Gasteiger partial charge in [0.25, 0.3) is 0 Å². The second-order valence-electron chi connectivity index (χ2n) is 12.9. The van der Waals surface area contributed by atoms with Crippen LogP contribution in [-0.2, 0) is 15.1 Å². The van der Waals surface area contributed by atoms with Crippen LogP contribution in [-0.4, -0.2) is 29.5 Å². The van der Waals surface area contributed by atoms with Gasteiger partial charge in [0, 0.05) is 11.2 Å². The summed E-state index contributed by atoms with van der Waals surface area (Å²) in [7, 11) is 1.44. The molecule has 190 valence electrons. The zero-order valence-corrected chi connectivity index (χ0v) is 22.9. The van der Waals surface area contributed by atoms with E-state index in [1.54, 1.807) is 0 Å². The van der Waals surface area contributed by atoms with Crippen LogP contribution in [0.4, 0.5) is 4.79 Å². The smallest absolute Gasteiger partial charge is 0.322 e. The first-order valence-corrected chi connectivity index (χ1v) is 13.4. The molecule has 1 aliphatic heterocycles. The SMILES string of the molecule is CCC(C)C1=CN(C23CC(C(=O)OC)(C2)C3)C(=O)N[C@@]1(C)c1ccc(C2CC2C(C)(C)C)c(Cl)c1. The number of esters is 1. The minimum absolute atomic E-state index is 0.104. The number of halogens is 1. The quantitative estimate of drug-likeness (QED) is 0.441. The van der Waals surface area contributed by atoms with Gasteiger partial charge in [-0.05, 0) is 85.0 Å². The Labute approximate surface area is 214 Å². The van der Waals surface area contributed by atoms with Crippen LogP contribution in [0.5, 0.6) is 0 Å². The molecule has 4 aliphatic carbocycles. The third kappa shape index (κ3) is 3.55. The first-order chi connectivity index (χ1) is 16.3. The lowest BCUT2D eigenvalue weighted by Crippen LogP contribution is -2.78. The van der Waals surface area contributed by atoms with E-state index in [1.165, 1.54) is 24.7 Å². The third-order valence-electron chi connectivity index (χ3n) is 9.58. The van der Waals surface area contributed by atoms with Gasteiger partial charge in [-0.25, -0.2) is 4.79 Å². The van der Waals surface area contributed by atoms with Gasteiger partial charge in [-0.3, -0.25) is 9.69 Å². The van der Waals surface area contributed by atoms with Crippen molar-refractivity contribution in [3.63, 3.8) is 0 Å². The monoisotopic (exact) mass is 498 g/mol. The first-order valence-electron chi connectivity index (χ1n) is 13.0. The van der Waals surface area contributed by atoms with E-state index in [0.29, 0.717) is 31.1 Å². The van der Waals surface area contributed by atoms with Gasteiger partial charge < -0.3 is 10.1 Å². The molecule has 5 nitrogen and oxygen atoms in total. The van der Waals surface area contributed by atoms with E-state index in [-0.39, 0.29) is 28.9 Å². The van der Waals surface area contributed by atoms with Crippen molar-refractivity contribution >= 4 is 23.6 Å². The van der Waals surface area contributed by atoms with E-state index in [2.05, 4.69) is 71.3 Å². The summed E-state index contributed by atoms with van der Waals surface area (Å²) in [4.78, 5) is 27.5. The van der Waals surface area contributed by atoms with Crippen LogP contribution < -0.4 is 5.32 Å². The normalized spacial score (nSPS) is 36.4. The molecule has 1 N–H and O–H groups in total. The van der Waals surface area contributed by atoms with Crippen LogP contribution in [0.1, 0.15) is 90.7 Å². The molecule has 4 fully saturated rings. The lowest BCUT2D eigenvalue weighted by molar-refractivity contribution is -0.218. The standard InChI is InChI=1S/C29H39ClN2O3/c1-8-17(2)22-13-32(29-14-28(15-29,16-29)24(33)35-7)25(34)31-27(22,6)18-9-10-19(23(30)11-18)20-12-21(20)26(3,4)5/h9-11,13,17,20-21H,8,12,14-16H2,1-7H3,(H,31,34)/t17?,20?,21?,27-,28?,29?/m0/s1. The van der Waals surface area contributed by atoms with Crippen molar-refractivity contribution in [2.24, 2.45) is 22.7 Å².